The molecular weight excluding hydrogens is 282 g/mol. The number of aromatic nitrogens is 1. The van der Waals surface area contributed by atoms with Gasteiger partial charge >= 0.3 is 5.88 Å². The van der Waals surface area contributed by atoms with Crippen LogP contribution in [0.5, 0.6) is 0 Å². The highest BCUT2D eigenvalue weighted by molar-refractivity contribution is 7.15. The van der Waals surface area contributed by atoms with Gasteiger partial charge in [-0.05, 0) is 31.7 Å². The van der Waals surface area contributed by atoms with Crippen LogP contribution in [0.25, 0.3) is 0 Å². The zero-order valence-corrected chi connectivity index (χ0v) is 11.2. The Morgan fingerprint density at radius 1 is 1.40 bits per heavy atom. The Hall–Kier alpha value is -2.22. The van der Waals surface area contributed by atoms with E-state index >= 15 is 0 Å². The Kier molecular flexibility index (Phi) is 3.23. The van der Waals surface area contributed by atoms with E-state index in [-0.39, 0.29) is 5.76 Å². The van der Waals surface area contributed by atoms with Crippen LogP contribution in [0.3, 0.4) is 0 Å². The molecule has 0 saturated heterocycles. The molecule has 1 N–H and O–H groups in total. The summed E-state index contributed by atoms with van der Waals surface area (Å²) in [5.41, 5.74) is 1.04. The molecule has 0 unspecified atom stereocenters. The molecule has 0 aliphatic heterocycles. The number of nitrogens with one attached hydrogen (secondary N) is 1. The second kappa shape index (κ2) is 5.04. The zero-order chi connectivity index (χ0) is 14.1. The molecule has 0 radical (unpaired) electrons. The maximum absolute atomic E-state index is 11.9. The van der Waals surface area contributed by atoms with Gasteiger partial charge in [0.15, 0.2) is 10.9 Å². The van der Waals surface area contributed by atoms with Crippen molar-refractivity contribution in [1.82, 2.24) is 4.98 Å². The topological polar surface area (TPSA) is 98.3 Å². The van der Waals surface area contributed by atoms with Gasteiger partial charge in [-0.25, -0.2) is 4.98 Å². The molecule has 3 rings (SSSR count). The molecule has 20 heavy (non-hydrogen) atoms. The van der Waals surface area contributed by atoms with E-state index in [2.05, 4.69) is 10.3 Å². The first-order valence-corrected chi connectivity index (χ1v) is 6.99. The van der Waals surface area contributed by atoms with E-state index in [4.69, 9.17) is 4.42 Å². The Morgan fingerprint density at radius 2 is 2.20 bits per heavy atom. The molecular formula is C12H11N3O4S. The maximum atomic E-state index is 11.9. The average molecular weight is 293 g/mol. The van der Waals surface area contributed by atoms with E-state index in [1.54, 1.807) is 0 Å². The van der Waals surface area contributed by atoms with E-state index in [1.807, 2.05) is 0 Å². The molecule has 0 atom stereocenters. The number of thiazole rings is 1. The van der Waals surface area contributed by atoms with Crippen LogP contribution in [0.2, 0.25) is 0 Å². The third-order valence-electron chi connectivity index (χ3n) is 3.06. The van der Waals surface area contributed by atoms with Gasteiger partial charge in [-0.15, -0.1) is 11.3 Å². The first-order chi connectivity index (χ1) is 9.63. The van der Waals surface area contributed by atoms with Crippen LogP contribution in [-0.2, 0) is 12.8 Å². The minimum Gasteiger partial charge on any atom is -0.395 e. The lowest BCUT2D eigenvalue weighted by molar-refractivity contribution is -0.402. The molecule has 2 aromatic rings. The van der Waals surface area contributed by atoms with E-state index in [0.717, 1.165) is 37.4 Å². The fourth-order valence-corrected chi connectivity index (χ4v) is 3.16. The van der Waals surface area contributed by atoms with E-state index in [0.29, 0.717) is 5.13 Å². The summed E-state index contributed by atoms with van der Waals surface area (Å²) in [6.07, 6.45) is 4.20. The van der Waals surface area contributed by atoms with Crippen LogP contribution < -0.4 is 5.32 Å². The number of hydrogen-bond acceptors (Lipinski definition) is 6. The van der Waals surface area contributed by atoms with Crippen molar-refractivity contribution in [2.45, 2.75) is 25.7 Å². The van der Waals surface area contributed by atoms with Crippen LogP contribution in [0.1, 0.15) is 34.0 Å². The van der Waals surface area contributed by atoms with Gasteiger partial charge in [0.25, 0.3) is 5.91 Å². The van der Waals surface area contributed by atoms with Crippen LogP contribution in [-0.4, -0.2) is 15.8 Å². The molecule has 2 heterocycles. The van der Waals surface area contributed by atoms with Gasteiger partial charge in [0.2, 0.25) is 0 Å². The summed E-state index contributed by atoms with van der Waals surface area (Å²) in [6.45, 7) is 0. The van der Waals surface area contributed by atoms with Crippen LogP contribution in [0, 0.1) is 10.1 Å². The van der Waals surface area contributed by atoms with Crippen molar-refractivity contribution in [3.63, 3.8) is 0 Å². The Morgan fingerprint density at radius 3 is 2.90 bits per heavy atom. The minimum absolute atomic E-state index is 0.0927. The second-order valence-electron chi connectivity index (χ2n) is 4.45. The van der Waals surface area contributed by atoms with Gasteiger partial charge in [0.05, 0.1) is 11.8 Å². The van der Waals surface area contributed by atoms with Crippen molar-refractivity contribution in [3.05, 3.63) is 38.6 Å². The van der Waals surface area contributed by atoms with Gasteiger partial charge in [-0.1, -0.05) is 0 Å². The highest BCUT2D eigenvalue weighted by atomic mass is 32.1. The number of carbonyl (C=O) groups is 1. The van der Waals surface area contributed by atoms with E-state index in [1.165, 1.54) is 22.3 Å². The molecule has 2 aromatic heterocycles. The normalized spacial score (nSPS) is 13.8. The first-order valence-electron chi connectivity index (χ1n) is 6.17. The number of amides is 1. The third kappa shape index (κ3) is 2.42. The Balaban J connectivity index is 1.74. The van der Waals surface area contributed by atoms with Crippen LogP contribution in [0.15, 0.2) is 16.5 Å². The number of nitro groups is 1. The fraction of sp³-hybridized carbons (Fsp3) is 0.333. The van der Waals surface area contributed by atoms with Crippen molar-refractivity contribution >= 4 is 28.3 Å². The van der Waals surface area contributed by atoms with Crippen LogP contribution >= 0.6 is 11.3 Å². The molecule has 0 aromatic carbocycles. The predicted octanol–water partition coefficient (Wildman–Crippen LogP) is 2.78. The van der Waals surface area contributed by atoms with Crippen molar-refractivity contribution in [2.75, 3.05) is 5.32 Å². The van der Waals surface area contributed by atoms with Crippen molar-refractivity contribution in [2.24, 2.45) is 0 Å². The SMILES string of the molecule is O=C(Nc1nc2c(s1)CCCC2)c1ccc([N+](=O)[O-])o1. The number of furan rings is 1. The third-order valence-corrected chi connectivity index (χ3v) is 4.13. The lowest BCUT2D eigenvalue weighted by Gasteiger charge is -2.06. The minimum atomic E-state index is -0.682. The molecule has 0 bridgehead atoms. The van der Waals surface area contributed by atoms with Gasteiger partial charge < -0.3 is 4.42 Å². The highest BCUT2D eigenvalue weighted by Crippen LogP contribution is 2.30. The summed E-state index contributed by atoms with van der Waals surface area (Å²) < 4.78 is 4.85. The summed E-state index contributed by atoms with van der Waals surface area (Å²) in [4.78, 5) is 27.3. The smallest absolute Gasteiger partial charge is 0.395 e. The number of aryl methyl sites for hydroxylation is 2. The lowest BCUT2D eigenvalue weighted by Crippen LogP contribution is -2.10. The summed E-state index contributed by atoms with van der Waals surface area (Å²) in [7, 11) is 0. The molecule has 0 spiro atoms. The molecule has 104 valence electrons. The molecule has 8 heteroatoms. The first kappa shape index (κ1) is 12.8. The summed E-state index contributed by atoms with van der Waals surface area (Å²) >= 11 is 1.45. The quantitative estimate of drug-likeness (QED) is 0.693. The maximum Gasteiger partial charge on any atom is 0.433 e. The predicted molar refractivity (Wildman–Crippen MR) is 72.1 cm³/mol. The van der Waals surface area contributed by atoms with E-state index in [9.17, 15) is 14.9 Å². The summed E-state index contributed by atoms with van der Waals surface area (Å²) in [6, 6.07) is 2.43. The second-order valence-corrected chi connectivity index (χ2v) is 5.53. The van der Waals surface area contributed by atoms with Crippen LogP contribution in [0.4, 0.5) is 11.0 Å². The lowest BCUT2D eigenvalue weighted by atomic mass is 10.0. The number of anilines is 1. The average Bonchev–Trinajstić information content (AvgIpc) is 3.04. The van der Waals surface area contributed by atoms with Gasteiger partial charge in [0.1, 0.15) is 4.92 Å². The van der Waals surface area contributed by atoms with Gasteiger partial charge in [-0.3, -0.25) is 20.2 Å². The number of fused-ring (bicyclic) bond motifs is 1. The standard InChI is InChI=1S/C12H11N3O4S/c16-11(8-5-6-10(19-8)15(17)18)14-12-13-7-3-1-2-4-9(7)20-12/h5-6H,1-4H2,(H,13,14,16). The number of rotatable bonds is 3. The Bertz CT molecular complexity index is 653. The molecule has 1 amide bonds. The zero-order valence-electron chi connectivity index (χ0n) is 10.4. The molecule has 1 aliphatic carbocycles. The summed E-state index contributed by atoms with van der Waals surface area (Å²) in [5.74, 6) is -1.07. The van der Waals surface area contributed by atoms with Gasteiger partial charge in [0, 0.05) is 4.88 Å². The molecule has 0 fully saturated rings. The largest absolute Gasteiger partial charge is 0.433 e. The summed E-state index contributed by atoms with van der Waals surface area (Å²) in [5, 5.41) is 13.6. The molecule has 1 aliphatic rings. The van der Waals surface area contributed by atoms with Crippen molar-refractivity contribution in [1.29, 1.82) is 0 Å². The van der Waals surface area contributed by atoms with Crippen molar-refractivity contribution < 1.29 is 14.1 Å². The number of nitrogens with zero attached hydrogens (tertiary/aromatic N) is 2. The number of hydrogen-bond donors (Lipinski definition) is 1. The molecule has 0 saturated carbocycles. The highest BCUT2D eigenvalue weighted by Gasteiger charge is 2.20. The van der Waals surface area contributed by atoms with E-state index < -0.39 is 16.7 Å². The Labute approximate surface area is 117 Å². The molecule has 7 nitrogen and oxygen atoms in total. The van der Waals surface area contributed by atoms with Gasteiger partial charge in [-0.2, -0.15) is 0 Å². The fourth-order valence-electron chi connectivity index (χ4n) is 2.11. The number of carbonyl (C=O) groups excluding carboxylic acids is 1. The van der Waals surface area contributed by atoms with Crippen molar-refractivity contribution in [3.8, 4) is 0 Å². The monoisotopic (exact) mass is 293 g/mol.